The van der Waals surface area contributed by atoms with Crippen molar-refractivity contribution < 1.29 is 17.6 Å². The first-order valence-electron chi connectivity index (χ1n) is 10.9. The van der Waals surface area contributed by atoms with E-state index >= 15 is 0 Å². The minimum Gasteiger partial charge on any atom is -0.408 e. The zero-order chi connectivity index (χ0) is 21.1. The second kappa shape index (κ2) is 8.93. The van der Waals surface area contributed by atoms with Crippen LogP contribution in [0.5, 0.6) is 0 Å². The number of carbonyl (C=O) groups excluding carboxylic acids is 1. The van der Waals surface area contributed by atoms with Crippen LogP contribution >= 0.6 is 0 Å². The number of oxazole rings is 1. The fourth-order valence-corrected chi connectivity index (χ4v) is 5.75. The Morgan fingerprint density at radius 1 is 1.03 bits per heavy atom. The standard InChI is InChI=1S/C21H29N3O5S/c25-20(23-12-6-1-2-7-13-23)15-24-18-11-10-17(14-19(18)29-21(24)26)30(27,28)22-16-8-4-3-5-9-16/h10-11,14,16,22H,1-9,12-13,15H2. The topological polar surface area (TPSA) is 102 Å². The number of fused-ring (bicyclic) bond motifs is 1. The van der Waals surface area contributed by atoms with Crippen molar-refractivity contribution >= 4 is 27.0 Å². The molecule has 1 aromatic heterocycles. The molecule has 1 aliphatic carbocycles. The summed E-state index contributed by atoms with van der Waals surface area (Å²) in [6.07, 6.45) is 9.04. The molecule has 8 nitrogen and oxygen atoms in total. The van der Waals surface area contributed by atoms with E-state index in [1.165, 1.54) is 16.7 Å². The maximum absolute atomic E-state index is 12.8. The van der Waals surface area contributed by atoms with Gasteiger partial charge in [-0.25, -0.2) is 17.9 Å². The predicted molar refractivity (Wildman–Crippen MR) is 113 cm³/mol. The van der Waals surface area contributed by atoms with E-state index in [1.54, 1.807) is 11.0 Å². The van der Waals surface area contributed by atoms with Gasteiger partial charge in [-0.15, -0.1) is 0 Å². The minimum absolute atomic E-state index is 0.0534. The van der Waals surface area contributed by atoms with Gasteiger partial charge in [-0.05, 0) is 37.8 Å². The Kier molecular flexibility index (Phi) is 6.29. The van der Waals surface area contributed by atoms with Gasteiger partial charge in [-0.3, -0.25) is 9.36 Å². The van der Waals surface area contributed by atoms with E-state index in [4.69, 9.17) is 4.42 Å². The molecule has 1 aliphatic heterocycles. The van der Waals surface area contributed by atoms with Crippen LogP contribution in [0.25, 0.3) is 11.1 Å². The van der Waals surface area contributed by atoms with Gasteiger partial charge in [-0.1, -0.05) is 32.1 Å². The van der Waals surface area contributed by atoms with Gasteiger partial charge in [0.25, 0.3) is 0 Å². The van der Waals surface area contributed by atoms with Crippen LogP contribution < -0.4 is 10.5 Å². The lowest BCUT2D eigenvalue weighted by molar-refractivity contribution is -0.131. The summed E-state index contributed by atoms with van der Waals surface area (Å²) >= 11 is 0. The van der Waals surface area contributed by atoms with Crippen LogP contribution in [-0.4, -0.2) is 42.9 Å². The van der Waals surface area contributed by atoms with Gasteiger partial charge < -0.3 is 9.32 Å². The number of sulfonamides is 1. The smallest absolute Gasteiger partial charge is 0.408 e. The van der Waals surface area contributed by atoms with Crippen molar-refractivity contribution in [3.05, 3.63) is 28.7 Å². The van der Waals surface area contributed by atoms with E-state index in [-0.39, 0.29) is 29.0 Å². The highest BCUT2D eigenvalue weighted by molar-refractivity contribution is 7.89. The summed E-state index contributed by atoms with van der Waals surface area (Å²) in [5.74, 6) is -0.764. The number of amides is 1. The molecule has 1 amide bonds. The maximum Gasteiger partial charge on any atom is 0.420 e. The Morgan fingerprint density at radius 3 is 2.40 bits per heavy atom. The summed E-state index contributed by atoms with van der Waals surface area (Å²) in [6.45, 7) is 1.31. The number of likely N-dealkylation sites (tertiary alicyclic amines) is 1. The summed E-state index contributed by atoms with van der Waals surface area (Å²) in [4.78, 5) is 26.9. The van der Waals surface area contributed by atoms with Crippen molar-refractivity contribution in [3.8, 4) is 0 Å². The average Bonchev–Trinajstić information content (AvgIpc) is 2.90. The Morgan fingerprint density at radius 2 is 1.70 bits per heavy atom. The number of benzene rings is 1. The van der Waals surface area contributed by atoms with Gasteiger partial charge in [0.05, 0.1) is 10.4 Å². The third kappa shape index (κ3) is 4.62. The zero-order valence-corrected chi connectivity index (χ0v) is 18.0. The van der Waals surface area contributed by atoms with Crippen LogP contribution in [0, 0.1) is 0 Å². The van der Waals surface area contributed by atoms with Crippen LogP contribution in [-0.2, 0) is 21.4 Å². The van der Waals surface area contributed by atoms with Crippen molar-refractivity contribution in [2.75, 3.05) is 13.1 Å². The van der Waals surface area contributed by atoms with E-state index in [1.807, 2.05) is 0 Å². The van der Waals surface area contributed by atoms with Crippen molar-refractivity contribution in [2.24, 2.45) is 0 Å². The quantitative estimate of drug-likeness (QED) is 0.778. The van der Waals surface area contributed by atoms with E-state index in [0.29, 0.717) is 18.6 Å². The number of carbonyl (C=O) groups is 1. The highest BCUT2D eigenvalue weighted by atomic mass is 32.2. The van der Waals surface area contributed by atoms with E-state index < -0.39 is 15.8 Å². The fraction of sp³-hybridized carbons (Fsp3) is 0.619. The van der Waals surface area contributed by atoms with Gasteiger partial charge in [-0.2, -0.15) is 0 Å². The Balaban J connectivity index is 1.54. The highest BCUT2D eigenvalue weighted by Gasteiger charge is 2.24. The largest absolute Gasteiger partial charge is 0.420 e. The van der Waals surface area contributed by atoms with Gasteiger partial charge in [0, 0.05) is 25.2 Å². The van der Waals surface area contributed by atoms with E-state index in [0.717, 1.165) is 57.8 Å². The summed E-state index contributed by atoms with van der Waals surface area (Å²) < 4.78 is 34.8. The van der Waals surface area contributed by atoms with Crippen molar-refractivity contribution in [2.45, 2.75) is 75.3 Å². The maximum atomic E-state index is 12.8. The monoisotopic (exact) mass is 435 g/mol. The van der Waals surface area contributed by atoms with Crippen molar-refractivity contribution in [1.29, 1.82) is 0 Å². The molecule has 0 spiro atoms. The number of aromatic nitrogens is 1. The normalized spacial score (nSPS) is 19.1. The molecule has 2 fully saturated rings. The summed E-state index contributed by atoms with van der Waals surface area (Å²) in [7, 11) is -3.70. The molecule has 9 heteroatoms. The van der Waals surface area contributed by atoms with Crippen LogP contribution in [0.1, 0.15) is 57.8 Å². The predicted octanol–water partition coefficient (Wildman–Crippen LogP) is 2.61. The summed E-state index contributed by atoms with van der Waals surface area (Å²) in [5, 5.41) is 0. The molecular weight excluding hydrogens is 406 g/mol. The molecule has 1 saturated heterocycles. The molecule has 2 heterocycles. The first-order valence-corrected chi connectivity index (χ1v) is 12.4. The molecule has 0 atom stereocenters. The zero-order valence-electron chi connectivity index (χ0n) is 17.1. The Labute approximate surface area is 176 Å². The van der Waals surface area contributed by atoms with Crippen molar-refractivity contribution in [1.82, 2.24) is 14.2 Å². The molecule has 0 radical (unpaired) electrons. The summed E-state index contributed by atoms with van der Waals surface area (Å²) in [6, 6.07) is 4.33. The van der Waals surface area contributed by atoms with Gasteiger partial charge in [0.2, 0.25) is 15.9 Å². The van der Waals surface area contributed by atoms with Crippen molar-refractivity contribution in [3.63, 3.8) is 0 Å². The molecule has 2 aliphatic rings. The minimum atomic E-state index is -3.70. The molecule has 2 aromatic rings. The summed E-state index contributed by atoms with van der Waals surface area (Å²) in [5.41, 5.74) is 0.606. The fourth-order valence-electron chi connectivity index (χ4n) is 4.43. The van der Waals surface area contributed by atoms with E-state index in [9.17, 15) is 18.0 Å². The lowest BCUT2D eigenvalue weighted by Crippen LogP contribution is -2.36. The Bertz CT molecular complexity index is 1060. The molecular formula is C21H29N3O5S. The molecule has 0 bridgehead atoms. The lowest BCUT2D eigenvalue weighted by atomic mass is 9.96. The number of hydrogen-bond donors (Lipinski definition) is 1. The van der Waals surface area contributed by atoms with E-state index in [2.05, 4.69) is 4.72 Å². The third-order valence-corrected chi connectivity index (χ3v) is 7.65. The second-order valence-electron chi connectivity index (χ2n) is 8.33. The molecule has 164 valence electrons. The molecule has 4 rings (SSSR count). The molecule has 30 heavy (non-hydrogen) atoms. The molecule has 1 aromatic carbocycles. The SMILES string of the molecule is O=C(Cn1c(=O)oc2cc(S(=O)(=O)NC3CCCCC3)ccc21)N1CCCCCC1. The molecule has 1 N–H and O–H groups in total. The van der Waals surface area contributed by atoms with Gasteiger partial charge >= 0.3 is 5.76 Å². The van der Waals surface area contributed by atoms with Crippen LogP contribution in [0.2, 0.25) is 0 Å². The first kappa shape index (κ1) is 21.1. The average molecular weight is 436 g/mol. The third-order valence-electron chi connectivity index (χ3n) is 6.13. The number of hydrogen-bond acceptors (Lipinski definition) is 5. The van der Waals surface area contributed by atoms with Gasteiger partial charge in [0.1, 0.15) is 6.54 Å². The number of nitrogens with zero attached hydrogens (tertiary/aromatic N) is 2. The first-order chi connectivity index (χ1) is 14.4. The molecule has 0 unspecified atom stereocenters. The Hall–Kier alpha value is -2.13. The molecule has 1 saturated carbocycles. The lowest BCUT2D eigenvalue weighted by Gasteiger charge is -2.22. The second-order valence-corrected chi connectivity index (χ2v) is 10.0. The van der Waals surface area contributed by atoms with Gasteiger partial charge in [0.15, 0.2) is 5.58 Å². The van der Waals surface area contributed by atoms with Crippen LogP contribution in [0.4, 0.5) is 0 Å². The highest BCUT2D eigenvalue weighted by Crippen LogP contribution is 2.22. The van der Waals surface area contributed by atoms with Crippen LogP contribution in [0.3, 0.4) is 0 Å². The number of rotatable bonds is 5. The van der Waals surface area contributed by atoms with Crippen LogP contribution in [0.15, 0.2) is 32.3 Å². The number of nitrogens with one attached hydrogen (secondary N) is 1.